The molecule has 2 aliphatic rings. The number of rotatable bonds is 4. The molecule has 0 radical (unpaired) electrons. The van der Waals surface area contributed by atoms with E-state index in [2.05, 4.69) is 38.1 Å². The number of anilines is 1. The minimum absolute atomic E-state index is 0.483. The molecule has 0 amide bonds. The summed E-state index contributed by atoms with van der Waals surface area (Å²) in [6.45, 7) is 3.33. The second-order valence-corrected chi connectivity index (χ2v) is 7.41. The third kappa shape index (κ3) is 2.07. The van der Waals surface area contributed by atoms with E-state index >= 15 is 0 Å². The van der Waals surface area contributed by atoms with Crippen molar-refractivity contribution in [3.63, 3.8) is 0 Å². The minimum atomic E-state index is 0.483. The molecule has 0 aromatic carbocycles. The molecule has 1 saturated carbocycles. The Bertz CT molecular complexity index is 868. The van der Waals surface area contributed by atoms with Gasteiger partial charge >= 0.3 is 0 Å². The van der Waals surface area contributed by atoms with Gasteiger partial charge in [0.25, 0.3) is 0 Å². The summed E-state index contributed by atoms with van der Waals surface area (Å²) >= 11 is 1.73. The molecule has 3 aromatic rings. The molecule has 2 fully saturated rings. The van der Waals surface area contributed by atoms with Gasteiger partial charge in [0.05, 0.1) is 24.3 Å². The molecule has 23 heavy (non-hydrogen) atoms. The highest BCUT2D eigenvalue weighted by molar-refractivity contribution is 7.17. The molecular formula is C16H18N6S. The normalized spacial score (nSPS) is 25.7. The van der Waals surface area contributed by atoms with Gasteiger partial charge in [0.15, 0.2) is 4.96 Å². The Balaban J connectivity index is 1.45. The van der Waals surface area contributed by atoms with Crippen LogP contribution in [0.15, 0.2) is 24.8 Å². The van der Waals surface area contributed by atoms with Crippen LogP contribution < -0.4 is 10.6 Å². The van der Waals surface area contributed by atoms with Gasteiger partial charge in [-0.25, -0.2) is 9.97 Å². The first-order valence-electron chi connectivity index (χ1n) is 8.10. The van der Waals surface area contributed by atoms with Crippen LogP contribution >= 0.6 is 11.3 Å². The molecule has 7 heteroatoms. The second-order valence-electron chi connectivity index (χ2n) is 6.32. The second kappa shape index (κ2) is 5.01. The molecule has 0 bridgehead atoms. The van der Waals surface area contributed by atoms with Crippen LogP contribution in [0.3, 0.4) is 0 Å². The molecule has 6 nitrogen and oxygen atoms in total. The van der Waals surface area contributed by atoms with Crippen LogP contribution in [0.25, 0.3) is 16.3 Å². The number of fused-ring (bicyclic) bond motifs is 2. The number of nitrogens with one attached hydrogen (secondary N) is 2. The fraction of sp³-hybridized carbons (Fsp3) is 0.438. The number of aryl methyl sites for hydroxylation is 1. The highest BCUT2D eigenvalue weighted by atomic mass is 32.1. The lowest BCUT2D eigenvalue weighted by Gasteiger charge is -2.53. The summed E-state index contributed by atoms with van der Waals surface area (Å²) in [5, 5.41) is 6.98. The summed E-state index contributed by atoms with van der Waals surface area (Å²) in [6.07, 6.45) is 9.90. The summed E-state index contributed by atoms with van der Waals surface area (Å²) in [5.41, 5.74) is 1.86. The Morgan fingerprint density at radius 2 is 2.35 bits per heavy atom. The van der Waals surface area contributed by atoms with Gasteiger partial charge in [-0.2, -0.15) is 0 Å². The van der Waals surface area contributed by atoms with Gasteiger partial charge in [0, 0.05) is 23.2 Å². The quantitative estimate of drug-likeness (QED) is 0.769. The van der Waals surface area contributed by atoms with Gasteiger partial charge in [-0.3, -0.25) is 9.38 Å². The molecule has 1 saturated heterocycles. The zero-order valence-corrected chi connectivity index (χ0v) is 13.7. The lowest BCUT2D eigenvalue weighted by atomic mass is 9.69. The average molecular weight is 326 g/mol. The van der Waals surface area contributed by atoms with Gasteiger partial charge in [-0.1, -0.05) is 6.92 Å². The number of piperidine rings is 1. The first kappa shape index (κ1) is 13.4. The molecule has 4 heterocycles. The van der Waals surface area contributed by atoms with Crippen molar-refractivity contribution in [2.75, 3.05) is 11.9 Å². The number of hydrogen-bond donors (Lipinski definition) is 2. The highest BCUT2D eigenvalue weighted by Gasteiger charge is 2.47. The van der Waals surface area contributed by atoms with Crippen LogP contribution in [0.5, 0.6) is 0 Å². The van der Waals surface area contributed by atoms with E-state index in [1.165, 1.54) is 17.8 Å². The van der Waals surface area contributed by atoms with Crippen LogP contribution in [-0.4, -0.2) is 38.0 Å². The zero-order chi connectivity index (χ0) is 15.4. The van der Waals surface area contributed by atoms with E-state index in [1.54, 1.807) is 17.5 Å². The molecular weight excluding hydrogens is 308 g/mol. The maximum atomic E-state index is 4.75. The summed E-state index contributed by atoms with van der Waals surface area (Å²) in [7, 11) is 0. The van der Waals surface area contributed by atoms with E-state index in [4.69, 9.17) is 4.98 Å². The van der Waals surface area contributed by atoms with Crippen molar-refractivity contribution in [3.8, 4) is 11.4 Å². The van der Waals surface area contributed by atoms with Crippen LogP contribution in [0.2, 0.25) is 0 Å². The molecule has 0 spiro atoms. The lowest BCUT2D eigenvalue weighted by molar-refractivity contribution is 0.0910. The number of nitrogens with zero attached hydrogens (tertiary/aromatic N) is 4. The van der Waals surface area contributed by atoms with E-state index < -0.39 is 0 Å². The third-order valence-electron chi connectivity index (χ3n) is 4.95. The van der Waals surface area contributed by atoms with E-state index in [1.807, 2.05) is 12.4 Å². The largest absolute Gasteiger partial charge is 0.364 e. The first-order valence-corrected chi connectivity index (χ1v) is 8.91. The number of aromatic nitrogens is 4. The van der Waals surface area contributed by atoms with Gasteiger partial charge < -0.3 is 10.6 Å². The maximum Gasteiger partial charge on any atom is 0.194 e. The lowest BCUT2D eigenvalue weighted by Crippen LogP contribution is -2.70. The Kier molecular flexibility index (Phi) is 2.93. The first-order chi connectivity index (χ1) is 11.3. The number of thiazole rings is 1. The maximum absolute atomic E-state index is 4.75. The Morgan fingerprint density at radius 3 is 3.09 bits per heavy atom. The molecule has 2 N–H and O–H groups in total. The SMILES string of the molecule is CCc1cn2c(-c3cncc(NC4CC5CNC54)n3)cnc2s1. The fourth-order valence-electron chi connectivity index (χ4n) is 3.48. The minimum Gasteiger partial charge on any atom is -0.364 e. The van der Waals surface area contributed by atoms with Crippen molar-refractivity contribution in [1.82, 2.24) is 24.7 Å². The van der Waals surface area contributed by atoms with E-state index in [-0.39, 0.29) is 0 Å². The molecule has 3 aromatic heterocycles. The topological polar surface area (TPSA) is 67.1 Å². The summed E-state index contributed by atoms with van der Waals surface area (Å²) in [4.78, 5) is 15.9. The van der Waals surface area contributed by atoms with Gasteiger partial charge in [0.2, 0.25) is 0 Å². The molecule has 118 valence electrons. The van der Waals surface area contributed by atoms with Crippen LogP contribution in [0.1, 0.15) is 18.2 Å². The molecule has 3 atom stereocenters. The van der Waals surface area contributed by atoms with Gasteiger partial charge in [-0.05, 0) is 25.3 Å². The molecule has 5 rings (SSSR count). The van der Waals surface area contributed by atoms with E-state index in [0.29, 0.717) is 12.1 Å². The number of hydrogen-bond acceptors (Lipinski definition) is 6. The van der Waals surface area contributed by atoms with Crippen molar-refractivity contribution in [2.24, 2.45) is 5.92 Å². The summed E-state index contributed by atoms with van der Waals surface area (Å²) in [6, 6.07) is 1.10. The van der Waals surface area contributed by atoms with E-state index in [0.717, 1.165) is 34.5 Å². The summed E-state index contributed by atoms with van der Waals surface area (Å²) < 4.78 is 2.12. The van der Waals surface area contributed by atoms with Crippen LogP contribution in [0.4, 0.5) is 5.82 Å². The Hall–Kier alpha value is -1.99. The fourth-order valence-corrected chi connectivity index (χ4v) is 4.37. The zero-order valence-electron chi connectivity index (χ0n) is 12.9. The monoisotopic (exact) mass is 326 g/mol. The van der Waals surface area contributed by atoms with Crippen molar-refractivity contribution in [1.29, 1.82) is 0 Å². The molecule has 3 unspecified atom stereocenters. The predicted octanol–water partition coefficient (Wildman–Crippen LogP) is 2.19. The number of imidazole rings is 1. The molecule has 1 aliphatic heterocycles. The van der Waals surface area contributed by atoms with Crippen LogP contribution in [-0.2, 0) is 6.42 Å². The highest BCUT2D eigenvalue weighted by Crippen LogP contribution is 2.36. The Morgan fingerprint density at radius 1 is 1.39 bits per heavy atom. The van der Waals surface area contributed by atoms with Crippen molar-refractivity contribution < 1.29 is 0 Å². The predicted molar refractivity (Wildman–Crippen MR) is 90.8 cm³/mol. The molecule has 1 aliphatic carbocycles. The van der Waals surface area contributed by atoms with Crippen molar-refractivity contribution >= 4 is 22.1 Å². The van der Waals surface area contributed by atoms with Crippen molar-refractivity contribution in [2.45, 2.75) is 31.8 Å². The standard InChI is InChI=1S/C16H18N6S/c1-2-10-8-22-13(6-19-16(22)23-10)12-5-17-7-14(21-12)20-11-3-9-4-18-15(9)11/h5-9,11,15,18H,2-4H2,1H3,(H,20,21). The van der Waals surface area contributed by atoms with Gasteiger partial charge in [-0.15, -0.1) is 11.3 Å². The third-order valence-corrected chi connectivity index (χ3v) is 6.09. The van der Waals surface area contributed by atoms with E-state index in [9.17, 15) is 0 Å². The van der Waals surface area contributed by atoms with Crippen molar-refractivity contribution in [3.05, 3.63) is 29.7 Å². The van der Waals surface area contributed by atoms with Crippen LogP contribution in [0, 0.1) is 5.92 Å². The smallest absolute Gasteiger partial charge is 0.194 e. The average Bonchev–Trinajstić information content (AvgIpc) is 3.12. The Labute approximate surface area is 138 Å². The summed E-state index contributed by atoms with van der Waals surface area (Å²) in [5.74, 6) is 1.71. The van der Waals surface area contributed by atoms with Gasteiger partial charge in [0.1, 0.15) is 11.5 Å².